The Hall–Kier alpha value is -0.820. The van der Waals surface area contributed by atoms with E-state index in [4.69, 9.17) is 5.73 Å². The number of nitrogens with zero attached hydrogens (tertiary/aromatic N) is 2. The van der Waals surface area contributed by atoms with Crippen molar-refractivity contribution in [3.63, 3.8) is 0 Å². The van der Waals surface area contributed by atoms with Gasteiger partial charge >= 0.3 is 6.18 Å². The van der Waals surface area contributed by atoms with E-state index in [-0.39, 0.29) is 18.0 Å². The molecule has 1 unspecified atom stereocenters. The van der Waals surface area contributed by atoms with Crippen LogP contribution in [0.15, 0.2) is 0 Å². The molecule has 1 amide bonds. The first-order valence-corrected chi connectivity index (χ1v) is 7.38. The minimum Gasteiger partial charge on any atom is -0.334 e. The Morgan fingerprint density at radius 2 is 2.00 bits per heavy atom. The molecule has 7 heteroatoms. The fourth-order valence-corrected chi connectivity index (χ4v) is 2.80. The Labute approximate surface area is 124 Å². The van der Waals surface area contributed by atoms with Crippen LogP contribution in [0.3, 0.4) is 0 Å². The van der Waals surface area contributed by atoms with Gasteiger partial charge in [0.2, 0.25) is 5.91 Å². The number of hydrogen-bond donors (Lipinski definition) is 1. The van der Waals surface area contributed by atoms with Crippen LogP contribution in [0, 0.1) is 5.92 Å². The number of piperidine rings is 1. The topological polar surface area (TPSA) is 49.6 Å². The second-order valence-electron chi connectivity index (χ2n) is 6.53. The van der Waals surface area contributed by atoms with E-state index in [0.29, 0.717) is 19.5 Å². The van der Waals surface area contributed by atoms with Gasteiger partial charge in [-0.15, -0.1) is 0 Å². The molecule has 1 atom stereocenters. The first-order chi connectivity index (χ1) is 9.52. The smallest absolute Gasteiger partial charge is 0.334 e. The van der Waals surface area contributed by atoms with Crippen molar-refractivity contribution in [2.75, 3.05) is 32.7 Å². The summed E-state index contributed by atoms with van der Waals surface area (Å²) in [6.07, 6.45) is -2.88. The fraction of sp³-hybridized carbons (Fsp3) is 0.929. The molecule has 0 aromatic heterocycles. The molecule has 1 fully saturated rings. The summed E-state index contributed by atoms with van der Waals surface area (Å²) in [5, 5.41) is 0. The van der Waals surface area contributed by atoms with Gasteiger partial charge in [-0.05, 0) is 40.2 Å². The molecule has 0 saturated carbocycles. The predicted octanol–water partition coefficient (Wildman–Crippen LogP) is 1.85. The van der Waals surface area contributed by atoms with Crippen molar-refractivity contribution in [1.29, 1.82) is 0 Å². The number of hydrogen-bond acceptors (Lipinski definition) is 3. The highest BCUT2D eigenvalue weighted by Gasteiger charge is 2.36. The molecular formula is C14H26F3N3O. The molecule has 2 N–H and O–H groups in total. The van der Waals surface area contributed by atoms with Gasteiger partial charge in [0.15, 0.2) is 0 Å². The highest BCUT2D eigenvalue weighted by atomic mass is 19.4. The molecule has 4 nitrogen and oxygen atoms in total. The van der Waals surface area contributed by atoms with Gasteiger partial charge in [0.25, 0.3) is 0 Å². The van der Waals surface area contributed by atoms with Crippen LogP contribution in [-0.4, -0.2) is 60.1 Å². The van der Waals surface area contributed by atoms with Gasteiger partial charge in [-0.1, -0.05) is 0 Å². The van der Waals surface area contributed by atoms with E-state index in [0.717, 1.165) is 17.9 Å². The second-order valence-corrected chi connectivity index (χ2v) is 6.53. The van der Waals surface area contributed by atoms with E-state index in [9.17, 15) is 18.0 Å². The Morgan fingerprint density at radius 1 is 1.38 bits per heavy atom. The van der Waals surface area contributed by atoms with Gasteiger partial charge < -0.3 is 15.5 Å². The van der Waals surface area contributed by atoms with Crippen molar-refractivity contribution in [1.82, 2.24) is 9.80 Å². The molecule has 0 bridgehead atoms. The zero-order valence-corrected chi connectivity index (χ0v) is 13.0. The van der Waals surface area contributed by atoms with E-state index >= 15 is 0 Å². The molecule has 1 aliphatic rings. The maximum atomic E-state index is 12.5. The molecule has 0 aromatic rings. The second kappa shape index (κ2) is 6.96. The number of carbonyl (C=O) groups excluding carboxylic acids is 1. The maximum Gasteiger partial charge on any atom is 0.406 e. The van der Waals surface area contributed by atoms with Crippen LogP contribution in [0.5, 0.6) is 0 Å². The van der Waals surface area contributed by atoms with Crippen LogP contribution in [0.4, 0.5) is 13.2 Å². The van der Waals surface area contributed by atoms with Crippen molar-refractivity contribution < 1.29 is 18.0 Å². The number of alkyl halides is 3. The van der Waals surface area contributed by atoms with Crippen molar-refractivity contribution in [2.24, 2.45) is 11.7 Å². The summed E-state index contributed by atoms with van der Waals surface area (Å²) in [5.74, 6) is -0.752. The normalized spacial score (nSPS) is 21.4. The molecular weight excluding hydrogens is 283 g/mol. The first-order valence-electron chi connectivity index (χ1n) is 7.38. The maximum absolute atomic E-state index is 12.5. The minimum atomic E-state index is -4.35. The number of halogens is 3. The highest BCUT2D eigenvalue weighted by molar-refractivity contribution is 5.79. The summed E-state index contributed by atoms with van der Waals surface area (Å²) in [4.78, 5) is 15.3. The minimum absolute atomic E-state index is 0.0806. The lowest BCUT2D eigenvalue weighted by Gasteiger charge is -2.37. The summed E-state index contributed by atoms with van der Waals surface area (Å²) in [7, 11) is 0. The van der Waals surface area contributed by atoms with Gasteiger partial charge in [-0.2, -0.15) is 13.2 Å². The number of nitrogens with two attached hydrogens (primary N) is 1. The quantitative estimate of drug-likeness (QED) is 0.843. The van der Waals surface area contributed by atoms with Crippen molar-refractivity contribution >= 4 is 5.91 Å². The lowest BCUT2D eigenvalue weighted by Crippen LogP contribution is -2.52. The molecule has 0 aliphatic carbocycles. The first kappa shape index (κ1) is 18.2. The molecule has 0 radical (unpaired) electrons. The van der Waals surface area contributed by atoms with Gasteiger partial charge in [0.05, 0.1) is 5.92 Å². The fourth-order valence-electron chi connectivity index (χ4n) is 2.80. The van der Waals surface area contributed by atoms with Crippen LogP contribution < -0.4 is 5.73 Å². The van der Waals surface area contributed by atoms with Crippen LogP contribution in [0.25, 0.3) is 0 Å². The third-order valence-electron chi connectivity index (χ3n) is 3.55. The van der Waals surface area contributed by atoms with Crippen molar-refractivity contribution in [3.8, 4) is 0 Å². The zero-order chi connectivity index (χ0) is 16.3. The third-order valence-corrected chi connectivity index (χ3v) is 3.55. The number of likely N-dealkylation sites (tertiary alicyclic amines) is 1. The lowest BCUT2D eigenvalue weighted by molar-refractivity contribution is -0.164. The van der Waals surface area contributed by atoms with E-state index < -0.39 is 18.6 Å². The van der Waals surface area contributed by atoms with Crippen LogP contribution in [0.1, 0.15) is 33.6 Å². The molecule has 0 aromatic carbocycles. The average Bonchev–Trinajstić information content (AvgIpc) is 2.32. The highest BCUT2D eigenvalue weighted by Crippen LogP contribution is 2.23. The number of carbonyl (C=O) groups is 1. The summed E-state index contributed by atoms with van der Waals surface area (Å²) < 4.78 is 37.5. The third kappa shape index (κ3) is 6.65. The SMILES string of the molecule is CCN(CC(F)(F)F)C(=O)C1CCCN(CC(C)(C)N)C1. The van der Waals surface area contributed by atoms with E-state index in [1.165, 1.54) is 0 Å². The van der Waals surface area contributed by atoms with Crippen molar-refractivity contribution in [3.05, 3.63) is 0 Å². The van der Waals surface area contributed by atoms with E-state index in [2.05, 4.69) is 4.90 Å². The number of amides is 1. The monoisotopic (exact) mass is 309 g/mol. The molecule has 1 aliphatic heterocycles. The Kier molecular flexibility index (Phi) is 6.04. The molecule has 1 rings (SSSR count). The molecule has 1 heterocycles. The summed E-state index contributed by atoms with van der Waals surface area (Å²) in [5.41, 5.74) is 5.60. The lowest BCUT2D eigenvalue weighted by atomic mass is 9.94. The summed E-state index contributed by atoms with van der Waals surface area (Å²) in [6.45, 7) is 6.28. The van der Waals surface area contributed by atoms with Crippen LogP contribution >= 0.6 is 0 Å². The molecule has 0 spiro atoms. The van der Waals surface area contributed by atoms with Gasteiger partial charge in [0.1, 0.15) is 6.54 Å². The summed E-state index contributed by atoms with van der Waals surface area (Å²) in [6, 6.07) is 0. The number of rotatable bonds is 5. The van der Waals surface area contributed by atoms with E-state index in [1.54, 1.807) is 6.92 Å². The van der Waals surface area contributed by atoms with Crippen LogP contribution in [-0.2, 0) is 4.79 Å². The largest absolute Gasteiger partial charge is 0.406 e. The van der Waals surface area contributed by atoms with Crippen molar-refractivity contribution in [2.45, 2.75) is 45.3 Å². The average molecular weight is 309 g/mol. The Balaban J connectivity index is 2.64. The van der Waals surface area contributed by atoms with E-state index in [1.807, 2.05) is 13.8 Å². The van der Waals surface area contributed by atoms with Crippen LogP contribution in [0.2, 0.25) is 0 Å². The Bertz CT molecular complexity index is 352. The van der Waals surface area contributed by atoms with Gasteiger partial charge in [-0.3, -0.25) is 4.79 Å². The molecule has 21 heavy (non-hydrogen) atoms. The summed E-state index contributed by atoms with van der Waals surface area (Å²) >= 11 is 0. The van der Waals surface area contributed by atoms with Gasteiger partial charge in [0, 0.05) is 25.2 Å². The molecule has 1 saturated heterocycles. The predicted molar refractivity (Wildman–Crippen MR) is 75.7 cm³/mol. The zero-order valence-electron chi connectivity index (χ0n) is 13.0. The van der Waals surface area contributed by atoms with Gasteiger partial charge in [-0.25, -0.2) is 0 Å². The molecule has 124 valence electrons. The Morgan fingerprint density at radius 3 is 2.48 bits per heavy atom. The standard InChI is InChI=1S/C14H26F3N3O/c1-4-20(10-14(15,16)17)12(21)11-6-5-7-19(8-11)9-13(2,3)18/h11H,4-10,18H2,1-3H3.